The predicted octanol–water partition coefficient (Wildman–Crippen LogP) is 3.07. The second kappa shape index (κ2) is 8.77. The van der Waals surface area contributed by atoms with E-state index >= 15 is 0 Å². The number of likely N-dealkylation sites (N-methyl/N-ethyl adjacent to an activating group) is 1. The number of carbonyl (C=O) groups is 3. The molecule has 0 spiro atoms. The van der Waals surface area contributed by atoms with Gasteiger partial charge in [0.1, 0.15) is 5.58 Å². The van der Waals surface area contributed by atoms with Crippen LogP contribution in [0, 0.1) is 5.92 Å². The Labute approximate surface area is 171 Å². The summed E-state index contributed by atoms with van der Waals surface area (Å²) >= 11 is 3.40. The van der Waals surface area contributed by atoms with Gasteiger partial charge in [-0.05, 0) is 47.8 Å². The maximum Gasteiger partial charge on any atom is 0.309 e. The van der Waals surface area contributed by atoms with Crippen molar-refractivity contribution in [1.82, 2.24) is 9.80 Å². The highest BCUT2D eigenvalue weighted by Crippen LogP contribution is 2.27. The number of hydrogen-bond donors (Lipinski definition) is 0. The molecule has 1 fully saturated rings. The number of amides is 2. The van der Waals surface area contributed by atoms with Crippen LogP contribution < -0.4 is 0 Å². The van der Waals surface area contributed by atoms with Crippen molar-refractivity contribution < 1.29 is 23.5 Å². The molecule has 2 heterocycles. The Morgan fingerprint density at radius 1 is 1.29 bits per heavy atom. The number of benzene rings is 1. The van der Waals surface area contributed by atoms with Gasteiger partial charge < -0.3 is 19.0 Å². The molecule has 1 aliphatic rings. The van der Waals surface area contributed by atoms with Crippen LogP contribution in [0.4, 0.5) is 0 Å². The van der Waals surface area contributed by atoms with Gasteiger partial charge in [0, 0.05) is 25.5 Å². The van der Waals surface area contributed by atoms with Gasteiger partial charge in [-0.2, -0.15) is 0 Å². The van der Waals surface area contributed by atoms with Crippen LogP contribution in [0.3, 0.4) is 0 Å². The van der Waals surface area contributed by atoms with Crippen molar-refractivity contribution in [3.05, 3.63) is 34.5 Å². The minimum absolute atomic E-state index is 0.0406. The first-order valence-electron chi connectivity index (χ1n) is 9.28. The molecule has 2 aromatic rings. The number of piperidine rings is 1. The van der Waals surface area contributed by atoms with Crippen LogP contribution in [0.25, 0.3) is 11.0 Å². The van der Waals surface area contributed by atoms with Gasteiger partial charge >= 0.3 is 5.97 Å². The molecule has 1 aromatic carbocycles. The maximum atomic E-state index is 12.6. The van der Waals surface area contributed by atoms with E-state index in [1.807, 2.05) is 18.2 Å². The number of para-hydroxylation sites is 1. The summed E-state index contributed by atoms with van der Waals surface area (Å²) < 4.78 is 11.5. The van der Waals surface area contributed by atoms with Crippen molar-refractivity contribution in [2.75, 3.05) is 33.3 Å². The number of fused-ring (bicyclic) bond motifs is 1. The van der Waals surface area contributed by atoms with Crippen LogP contribution >= 0.6 is 15.9 Å². The lowest BCUT2D eigenvalue weighted by molar-refractivity contribution is -0.151. The number of hydrogen-bond acceptors (Lipinski definition) is 5. The zero-order valence-corrected chi connectivity index (χ0v) is 17.5. The van der Waals surface area contributed by atoms with Gasteiger partial charge in [-0.1, -0.05) is 12.1 Å². The van der Waals surface area contributed by atoms with Crippen molar-refractivity contribution in [2.24, 2.45) is 5.92 Å². The highest BCUT2D eigenvalue weighted by Gasteiger charge is 2.29. The smallest absolute Gasteiger partial charge is 0.309 e. The minimum Gasteiger partial charge on any atom is -0.466 e. The fourth-order valence-electron chi connectivity index (χ4n) is 3.32. The molecule has 0 saturated carbocycles. The number of rotatable bonds is 5. The molecule has 0 atom stereocenters. The standard InChI is InChI=1S/C20H23BrN2O5/c1-3-27-20(26)13-7-9-23(10-8-13)17(24)12-22(2)19(25)16-11-14-5-4-6-15(21)18(14)28-16/h4-6,11,13H,3,7-10,12H2,1-2H3. The van der Waals surface area contributed by atoms with Crippen LogP contribution in [0.5, 0.6) is 0 Å². The molecule has 1 saturated heterocycles. The van der Waals surface area contributed by atoms with Crippen LogP contribution in [0.15, 0.2) is 33.2 Å². The van der Waals surface area contributed by atoms with Gasteiger partial charge in [-0.25, -0.2) is 0 Å². The monoisotopic (exact) mass is 450 g/mol. The molecule has 8 heteroatoms. The first kappa shape index (κ1) is 20.4. The Morgan fingerprint density at radius 2 is 2.00 bits per heavy atom. The second-order valence-electron chi connectivity index (χ2n) is 6.84. The molecule has 0 bridgehead atoms. The predicted molar refractivity (Wildman–Crippen MR) is 107 cm³/mol. The van der Waals surface area contributed by atoms with E-state index in [2.05, 4.69) is 15.9 Å². The number of nitrogens with zero attached hydrogens (tertiary/aromatic N) is 2. The van der Waals surface area contributed by atoms with E-state index in [1.54, 1.807) is 24.9 Å². The third-order valence-corrected chi connectivity index (χ3v) is 5.52. The molecule has 0 aliphatic carbocycles. The van der Waals surface area contributed by atoms with E-state index in [0.717, 1.165) is 9.86 Å². The lowest BCUT2D eigenvalue weighted by atomic mass is 9.97. The summed E-state index contributed by atoms with van der Waals surface area (Å²) in [6, 6.07) is 7.24. The first-order chi connectivity index (χ1) is 13.4. The van der Waals surface area contributed by atoms with E-state index in [-0.39, 0.29) is 36.0 Å². The fourth-order valence-corrected chi connectivity index (χ4v) is 3.78. The molecule has 0 N–H and O–H groups in total. The molecule has 1 aliphatic heterocycles. The summed E-state index contributed by atoms with van der Waals surface area (Å²) in [7, 11) is 1.58. The number of furan rings is 1. The average molecular weight is 451 g/mol. The second-order valence-corrected chi connectivity index (χ2v) is 7.69. The highest BCUT2D eigenvalue weighted by molar-refractivity contribution is 9.10. The zero-order valence-electron chi connectivity index (χ0n) is 15.9. The molecule has 28 heavy (non-hydrogen) atoms. The lowest BCUT2D eigenvalue weighted by Gasteiger charge is -2.32. The summed E-state index contributed by atoms with van der Waals surface area (Å²) in [5.41, 5.74) is 0.603. The van der Waals surface area contributed by atoms with E-state index in [9.17, 15) is 14.4 Å². The Bertz CT molecular complexity index is 886. The van der Waals surface area contributed by atoms with Gasteiger partial charge in [-0.15, -0.1) is 0 Å². The van der Waals surface area contributed by atoms with Gasteiger partial charge in [0.15, 0.2) is 5.76 Å². The molecule has 0 radical (unpaired) electrons. The molecular formula is C20H23BrN2O5. The molecule has 150 valence electrons. The Morgan fingerprint density at radius 3 is 2.64 bits per heavy atom. The van der Waals surface area contributed by atoms with Gasteiger partial charge in [0.25, 0.3) is 5.91 Å². The Kier molecular flexibility index (Phi) is 6.39. The number of carbonyl (C=O) groups excluding carboxylic acids is 3. The number of likely N-dealkylation sites (tertiary alicyclic amines) is 1. The normalized spacial score (nSPS) is 14.9. The minimum atomic E-state index is -0.349. The summed E-state index contributed by atoms with van der Waals surface area (Å²) in [5.74, 6) is -0.651. The fraction of sp³-hybridized carbons (Fsp3) is 0.450. The molecule has 7 nitrogen and oxygen atoms in total. The number of halogens is 1. The topological polar surface area (TPSA) is 80.1 Å². The first-order valence-corrected chi connectivity index (χ1v) is 10.1. The SMILES string of the molecule is CCOC(=O)C1CCN(C(=O)CN(C)C(=O)c2cc3cccc(Br)c3o2)CC1. The van der Waals surface area contributed by atoms with Crippen molar-refractivity contribution in [2.45, 2.75) is 19.8 Å². The Hall–Kier alpha value is -2.35. The van der Waals surface area contributed by atoms with E-state index in [0.29, 0.717) is 38.1 Å². The summed E-state index contributed by atoms with van der Waals surface area (Å²) in [5, 5.41) is 0.818. The van der Waals surface area contributed by atoms with Crippen LogP contribution in [0.1, 0.15) is 30.3 Å². The summed E-state index contributed by atoms with van der Waals surface area (Å²) in [6.07, 6.45) is 1.17. The van der Waals surface area contributed by atoms with E-state index in [1.165, 1.54) is 4.90 Å². The van der Waals surface area contributed by atoms with Crippen molar-refractivity contribution >= 4 is 44.7 Å². The largest absolute Gasteiger partial charge is 0.466 e. The van der Waals surface area contributed by atoms with Crippen LogP contribution in [0.2, 0.25) is 0 Å². The molecule has 1 aromatic heterocycles. The van der Waals surface area contributed by atoms with Crippen LogP contribution in [-0.4, -0.2) is 60.9 Å². The van der Waals surface area contributed by atoms with Crippen LogP contribution in [-0.2, 0) is 14.3 Å². The third-order valence-electron chi connectivity index (χ3n) is 4.89. The highest BCUT2D eigenvalue weighted by atomic mass is 79.9. The molecular weight excluding hydrogens is 428 g/mol. The van der Waals surface area contributed by atoms with Gasteiger partial charge in [-0.3, -0.25) is 14.4 Å². The van der Waals surface area contributed by atoms with Crippen molar-refractivity contribution in [3.8, 4) is 0 Å². The maximum absolute atomic E-state index is 12.6. The number of ether oxygens (including phenoxy) is 1. The molecule has 3 rings (SSSR count). The van der Waals surface area contributed by atoms with E-state index < -0.39 is 0 Å². The Balaban J connectivity index is 1.57. The van der Waals surface area contributed by atoms with Gasteiger partial charge in [0.05, 0.1) is 23.5 Å². The zero-order chi connectivity index (χ0) is 20.3. The van der Waals surface area contributed by atoms with Gasteiger partial charge in [0.2, 0.25) is 5.91 Å². The van der Waals surface area contributed by atoms with Crippen molar-refractivity contribution in [3.63, 3.8) is 0 Å². The molecule has 0 unspecified atom stereocenters. The number of esters is 1. The summed E-state index contributed by atoms with van der Waals surface area (Å²) in [6.45, 7) is 3.08. The third kappa shape index (κ3) is 4.38. The average Bonchev–Trinajstić information content (AvgIpc) is 3.13. The molecule has 2 amide bonds. The van der Waals surface area contributed by atoms with E-state index in [4.69, 9.17) is 9.15 Å². The summed E-state index contributed by atoms with van der Waals surface area (Å²) in [4.78, 5) is 40.0. The quantitative estimate of drug-likeness (QED) is 0.653. The van der Waals surface area contributed by atoms with Crippen molar-refractivity contribution in [1.29, 1.82) is 0 Å². The lowest BCUT2D eigenvalue weighted by Crippen LogP contribution is -2.45.